The average molecular weight is 390 g/mol. The number of rotatable bonds is 3. The molecular weight excluding hydrogens is 364 g/mol. The van der Waals surface area contributed by atoms with Gasteiger partial charge in [-0.15, -0.1) is 15.3 Å². The van der Waals surface area contributed by atoms with E-state index in [1.165, 1.54) is 0 Å². The van der Waals surface area contributed by atoms with Crippen LogP contribution in [0.1, 0.15) is 26.6 Å². The van der Waals surface area contributed by atoms with Gasteiger partial charge in [0, 0.05) is 32.6 Å². The van der Waals surface area contributed by atoms with Crippen LogP contribution < -0.4 is 9.80 Å². The number of aromatic nitrogens is 6. The van der Waals surface area contributed by atoms with Gasteiger partial charge in [-0.05, 0) is 24.3 Å². The second kappa shape index (κ2) is 6.17. The summed E-state index contributed by atoms with van der Waals surface area (Å²) in [7, 11) is 4.20. The quantitative estimate of drug-likeness (QED) is 0.536. The van der Waals surface area contributed by atoms with Gasteiger partial charge in [-0.1, -0.05) is 32.9 Å². The maximum atomic E-state index is 4.82. The van der Waals surface area contributed by atoms with E-state index >= 15 is 0 Å². The van der Waals surface area contributed by atoms with E-state index in [1.807, 2.05) is 22.7 Å². The summed E-state index contributed by atoms with van der Waals surface area (Å²) in [6.07, 6.45) is 0. The van der Waals surface area contributed by atoms with E-state index in [0.29, 0.717) is 6.04 Å². The van der Waals surface area contributed by atoms with Crippen molar-refractivity contribution in [2.24, 2.45) is 7.05 Å². The Labute approximate surface area is 169 Å². The first-order valence-electron chi connectivity index (χ1n) is 9.95. The molecule has 1 aliphatic heterocycles. The average Bonchev–Trinajstić information content (AvgIpc) is 3.22. The number of para-hydroxylation sites is 2. The lowest BCUT2D eigenvalue weighted by Gasteiger charge is -2.44. The molecule has 29 heavy (non-hydrogen) atoms. The molecule has 8 heteroatoms. The largest absolute Gasteiger partial charge is 0.351 e. The lowest BCUT2D eigenvalue weighted by atomic mass is 9.96. The highest BCUT2D eigenvalue weighted by atomic mass is 15.4. The standard InChI is InChI=1S/C21H26N8/c1-21(2,3)19-24-23-17-10-11-18(25-29(17)19)28-12-14(13-28)26(4)20-22-15-8-6-7-9-16(15)27(20)5/h6-11,14H,12-13H2,1-5H3. The number of benzene rings is 1. The number of nitrogens with zero attached hydrogens (tertiary/aromatic N) is 8. The third-order valence-electron chi connectivity index (χ3n) is 5.73. The molecule has 3 aromatic heterocycles. The van der Waals surface area contributed by atoms with Crippen LogP contribution in [0.25, 0.3) is 16.7 Å². The Morgan fingerprint density at radius 1 is 1.03 bits per heavy atom. The molecule has 0 aliphatic carbocycles. The molecule has 0 bridgehead atoms. The predicted octanol–water partition coefficient (Wildman–Crippen LogP) is 2.63. The molecular formula is C21H26N8. The van der Waals surface area contributed by atoms with E-state index in [9.17, 15) is 0 Å². The molecule has 0 N–H and O–H groups in total. The summed E-state index contributed by atoms with van der Waals surface area (Å²) in [6.45, 7) is 8.20. The summed E-state index contributed by atoms with van der Waals surface area (Å²) in [4.78, 5) is 9.38. The number of imidazole rings is 1. The van der Waals surface area contributed by atoms with Gasteiger partial charge in [0.15, 0.2) is 11.5 Å². The van der Waals surface area contributed by atoms with Crippen LogP contribution in [-0.2, 0) is 12.5 Å². The fourth-order valence-electron chi connectivity index (χ4n) is 3.91. The molecule has 1 saturated heterocycles. The van der Waals surface area contributed by atoms with Gasteiger partial charge in [0.1, 0.15) is 5.82 Å². The molecule has 4 heterocycles. The van der Waals surface area contributed by atoms with Gasteiger partial charge in [0.05, 0.1) is 17.1 Å². The Balaban J connectivity index is 1.37. The van der Waals surface area contributed by atoms with Crippen LogP contribution in [0.3, 0.4) is 0 Å². The summed E-state index contributed by atoms with van der Waals surface area (Å²) < 4.78 is 4.03. The number of anilines is 2. The molecule has 8 nitrogen and oxygen atoms in total. The second-order valence-corrected chi connectivity index (χ2v) is 8.86. The summed E-state index contributed by atoms with van der Waals surface area (Å²) >= 11 is 0. The Hall–Kier alpha value is -3.16. The monoisotopic (exact) mass is 390 g/mol. The zero-order chi connectivity index (χ0) is 20.3. The second-order valence-electron chi connectivity index (χ2n) is 8.86. The van der Waals surface area contributed by atoms with Crippen LogP contribution in [0.4, 0.5) is 11.8 Å². The third kappa shape index (κ3) is 2.82. The number of hydrogen-bond donors (Lipinski definition) is 0. The van der Waals surface area contributed by atoms with E-state index in [0.717, 1.165) is 47.4 Å². The first-order valence-corrected chi connectivity index (χ1v) is 9.95. The third-order valence-corrected chi connectivity index (χ3v) is 5.73. The van der Waals surface area contributed by atoms with Crippen LogP contribution >= 0.6 is 0 Å². The van der Waals surface area contributed by atoms with E-state index < -0.39 is 0 Å². The number of hydrogen-bond acceptors (Lipinski definition) is 6. The van der Waals surface area contributed by atoms with Crippen molar-refractivity contribution in [2.75, 3.05) is 29.9 Å². The smallest absolute Gasteiger partial charge is 0.206 e. The van der Waals surface area contributed by atoms with Gasteiger partial charge >= 0.3 is 0 Å². The van der Waals surface area contributed by atoms with Crippen LogP contribution in [-0.4, -0.2) is 55.5 Å². The SMILES string of the molecule is CN(c1nc2ccccc2n1C)C1CN(c2ccc3nnc(C(C)(C)C)n3n2)C1. The van der Waals surface area contributed by atoms with Crippen molar-refractivity contribution >= 4 is 28.4 Å². The zero-order valence-electron chi connectivity index (χ0n) is 17.5. The number of aryl methyl sites for hydroxylation is 1. The molecule has 150 valence electrons. The van der Waals surface area contributed by atoms with Gasteiger partial charge in [0.25, 0.3) is 0 Å². The van der Waals surface area contributed by atoms with Crippen molar-refractivity contribution < 1.29 is 0 Å². The zero-order valence-corrected chi connectivity index (χ0v) is 17.5. The molecule has 0 unspecified atom stereocenters. The summed E-state index contributed by atoms with van der Waals surface area (Å²) in [5.41, 5.74) is 2.86. The number of fused-ring (bicyclic) bond motifs is 2. The molecule has 1 fully saturated rings. The van der Waals surface area contributed by atoms with E-state index in [2.05, 4.69) is 77.6 Å². The van der Waals surface area contributed by atoms with Crippen molar-refractivity contribution in [3.63, 3.8) is 0 Å². The molecule has 0 amide bonds. The molecule has 0 spiro atoms. The highest BCUT2D eigenvalue weighted by Crippen LogP contribution is 2.28. The molecule has 1 aliphatic rings. The van der Waals surface area contributed by atoms with E-state index in [1.54, 1.807) is 0 Å². The Morgan fingerprint density at radius 2 is 1.79 bits per heavy atom. The molecule has 0 saturated carbocycles. The van der Waals surface area contributed by atoms with Gasteiger partial charge in [-0.3, -0.25) is 0 Å². The van der Waals surface area contributed by atoms with E-state index in [4.69, 9.17) is 10.1 Å². The van der Waals surface area contributed by atoms with Crippen molar-refractivity contribution in [1.29, 1.82) is 0 Å². The fourth-order valence-corrected chi connectivity index (χ4v) is 3.91. The van der Waals surface area contributed by atoms with Crippen molar-refractivity contribution in [2.45, 2.75) is 32.2 Å². The molecule has 5 rings (SSSR count). The molecule has 0 radical (unpaired) electrons. The minimum atomic E-state index is -0.108. The topological polar surface area (TPSA) is 67.4 Å². The first-order chi connectivity index (χ1) is 13.8. The van der Waals surface area contributed by atoms with Crippen molar-refractivity contribution in [1.82, 2.24) is 29.4 Å². The van der Waals surface area contributed by atoms with Crippen molar-refractivity contribution in [3.8, 4) is 0 Å². The summed E-state index contributed by atoms with van der Waals surface area (Å²) in [6, 6.07) is 12.7. The Bertz CT molecular complexity index is 1190. The lowest BCUT2D eigenvalue weighted by molar-refractivity contribution is 0.478. The van der Waals surface area contributed by atoms with Gasteiger partial charge in [-0.2, -0.15) is 4.52 Å². The number of likely N-dealkylation sites (N-methyl/N-ethyl adjacent to an activating group) is 1. The molecule has 1 aromatic carbocycles. The van der Waals surface area contributed by atoms with Crippen LogP contribution in [0.15, 0.2) is 36.4 Å². The lowest BCUT2D eigenvalue weighted by Crippen LogP contribution is -2.59. The minimum absolute atomic E-state index is 0.108. The maximum absolute atomic E-state index is 4.82. The fraction of sp³-hybridized carbons (Fsp3) is 0.429. The Kier molecular flexibility index (Phi) is 3.81. The summed E-state index contributed by atoms with van der Waals surface area (Å²) in [5.74, 6) is 2.83. The predicted molar refractivity (Wildman–Crippen MR) is 115 cm³/mol. The van der Waals surface area contributed by atoms with Crippen molar-refractivity contribution in [3.05, 3.63) is 42.2 Å². The molecule has 0 atom stereocenters. The van der Waals surface area contributed by atoms with Crippen LogP contribution in [0.5, 0.6) is 0 Å². The highest BCUT2D eigenvalue weighted by molar-refractivity contribution is 5.78. The molecule has 4 aromatic rings. The normalized spacial score (nSPS) is 15.3. The van der Waals surface area contributed by atoms with Crippen LogP contribution in [0.2, 0.25) is 0 Å². The van der Waals surface area contributed by atoms with Gasteiger partial charge in [0.2, 0.25) is 5.95 Å². The minimum Gasteiger partial charge on any atom is -0.351 e. The Morgan fingerprint density at radius 3 is 2.52 bits per heavy atom. The van der Waals surface area contributed by atoms with E-state index in [-0.39, 0.29) is 5.41 Å². The maximum Gasteiger partial charge on any atom is 0.206 e. The first kappa shape index (κ1) is 17.9. The van der Waals surface area contributed by atoms with Gasteiger partial charge < -0.3 is 14.4 Å². The summed E-state index contributed by atoms with van der Waals surface area (Å²) in [5, 5.41) is 13.4. The van der Waals surface area contributed by atoms with Crippen LogP contribution in [0, 0.1) is 0 Å². The van der Waals surface area contributed by atoms with Gasteiger partial charge in [-0.25, -0.2) is 4.98 Å². The highest BCUT2D eigenvalue weighted by Gasteiger charge is 2.33.